The van der Waals surface area contributed by atoms with Gasteiger partial charge in [-0.3, -0.25) is 9.59 Å². The largest absolute Gasteiger partial charge is 0.497 e. The van der Waals surface area contributed by atoms with Crippen LogP contribution in [0.3, 0.4) is 0 Å². The average molecular weight is 440 g/mol. The molecule has 31 heavy (non-hydrogen) atoms. The number of ether oxygens (including phenoxy) is 2. The predicted molar refractivity (Wildman–Crippen MR) is 123 cm³/mol. The number of carbonyl (C=O) groups excluding carboxylic acids is 2. The highest BCUT2D eigenvalue weighted by molar-refractivity contribution is 6.30. The van der Waals surface area contributed by atoms with Crippen molar-refractivity contribution >= 4 is 40.5 Å². The lowest BCUT2D eigenvalue weighted by Gasteiger charge is -2.14. The van der Waals surface area contributed by atoms with Gasteiger partial charge in [0, 0.05) is 16.7 Å². The highest BCUT2D eigenvalue weighted by atomic mass is 35.5. The molecule has 0 aliphatic heterocycles. The molecule has 0 saturated carbocycles. The zero-order chi connectivity index (χ0) is 22.2. The van der Waals surface area contributed by atoms with Crippen molar-refractivity contribution in [3.8, 4) is 11.5 Å². The third kappa shape index (κ3) is 5.90. The van der Waals surface area contributed by atoms with Crippen LogP contribution in [0, 0.1) is 0 Å². The minimum absolute atomic E-state index is 0.0109. The number of carbonyl (C=O) groups is 2. The molecule has 0 aliphatic rings. The first-order chi connectivity index (χ1) is 15.0. The molecule has 7 nitrogen and oxygen atoms in total. The van der Waals surface area contributed by atoms with E-state index in [1.807, 2.05) is 6.07 Å². The van der Waals surface area contributed by atoms with E-state index in [2.05, 4.69) is 16.0 Å². The topological polar surface area (TPSA) is 88.7 Å². The van der Waals surface area contributed by atoms with E-state index >= 15 is 0 Å². The van der Waals surface area contributed by atoms with Crippen molar-refractivity contribution in [1.82, 2.24) is 0 Å². The average Bonchev–Trinajstić information content (AvgIpc) is 2.79. The van der Waals surface area contributed by atoms with Crippen LogP contribution in [0.5, 0.6) is 11.5 Å². The van der Waals surface area contributed by atoms with Crippen LogP contribution >= 0.6 is 11.6 Å². The molecule has 0 radical (unpaired) electrons. The van der Waals surface area contributed by atoms with Crippen molar-refractivity contribution in [3.05, 3.63) is 77.3 Å². The molecule has 0 atom stereocenters. The van der Waals surface area contributed by atoms with E-state index in [9.17, 15) is 9.59 Å². The van der Waals surface area contributed by atoms with Crippen molar-refractivity contribution < 1.29 is 19.1 Å². The van der Waals surface area contributed by atoms with Crippen molar-refractivity contribution in [3.63, 3.8) is 0 Å². The highest BCUT2D eigenvalue weighted by Crippen LogP contribution is 2.29. The molecule has 3 aromatic rings. The molecular weight excluding hydrogens is 418 g/mol. The number of hydrogen-bond acceptors (Lipinski definition) is 5. The summed E-state index contributed by atoms with van der Waals surface area (Å²) in [5.74, 6) is 0.558. The maximum absolute atomic E-state index is 12.5. The fraction of sp³-hybridized carbons (Fsp3) is 0.130. The number of anilines is 3. The summed E-state index contributed by atoms with van der Waals surface area (Å²) < 4.78 is 10.5. The second kappa shape index (κ2) is 10.4. The van der Waals surface area contributed by atoms with Crippen LogP contribution < -0.4 is 25.4 Å². The van der Waals surface area contributed by atoms with E-state index in [1.54, 1.807) is 67.8 Å². The number of para-hydroxylation sites is 2. The quantitative estimate of drug-likeness (QED) is 0.475. The third-order valence-corrected chi connectivity index (χ3v) is 4.66. The Kier molecular flexibility index (Phi) is 7.35. The first-order valence-corrected chi connectivity index (χ1v) is 9.79. The summed E-state index contributed by atoms with van der Waals surface area (Å²) in [4.78, 5) is 24.9. The summed E-state index contributed by atoms with van der Waals surface area (Å²) in [5, 5.41) is 9.23. The Labute approximate surface area is 185 Å². The Morgan fingerprint density at radius 2 is 1.55 bits per heavy atom. The van der Waals surface area contributed by atoms with Gasteiger partial charge >= 0.3 is 0 Å². The van der Waals surface area contributed by atoms with E-state index in [1.165, 1.54) is 7.11 Å². The fourth-order valence-electron chi connectivity index (χ4n) is 2.81. The van der Waals surface area contributed by atoms with Crippen LogP contribution in [-0.2, 0) is 4.79 Å². The van der Waals surface area contributed by atoms with Crippen molar-refractivity contribution in [1.29, 1.82) is 0 Å². The van der Waals surface area contributed by atoms with Gasteiger partial charge in [-0.25, -0.2) is 0 Å². The van der Waals surface area contributed by atoms with E-state index in [0.29, 0.717) is 39.1 Å². The molecule has 0 heterocycles. The maximum atomic E-state index is 12.5. The SMILES string of the molecule is COc1ccc(NC(=O)CNc2ccccc2NC(=O)c2ccc(Cl)cc2)c(OC)c1. The zero-order valence-electron chi connectivity index (χ0n) is 17.1. The van der Waals surface area contributed by atoms with Gasteiger partial charge in [0.05, 0.1) is 37.8 Å². The predicted octanol–water partition coefficient (Wildman–Crippen LogP) is 4.66. The molecule has 160 valence electrons. The molecule has 8 heteroatoms. The molecule has 3 N–H and O–H groups in total. The Morgan fingerprint density at radius 1 is 0.839 bits per heavy atom. The summed E-state index contributed by atoms with van der Waals surface area (Å²) in [6.07, 6.45) is 0. The molecule has 3 aromatic carbocycles. The monoisotopic (exact) mass is 439 g/mol. The molecule has 0 fully saturated rings. The van der Waals surface area contributed by atoms with E-state index in [-0.39, 0.29) is 18.4 Å². The molecule has 0 saturated heterocycles. The number of rotatable bonds is 8. The van der Waals surface area contributed by atoms with Crippen molar-refractivity contribution in [2.75, 3.05) is 36.7 Å². The minimum atomic E-state index is -0.279. The first-order valence-electron chi connectivity index (χ1n) is 9.42. The fourth-order valence-corrected chi connectivity index (χ4v) is 2.94. The Hall–Kier alpha value is -3.71. The van der Waals surface area contributed by atoms with E-state index < -0.39 is 0 Å². The van der Waals surface area contributed by atoms with Gasteiger partial charge in [0.2, 0.25) is 5.91 Å². The summed E-state index contributed by atoms with van der Waals surface area (Å²) in [6, 6.07) is 18.8. The lowest BCUT2D eigenvalue weighted by molar-refractivity contribution is -0.114. The Balaban J connectivity index is 1.64. The maximum Gasteiger partial charge on any atom is 0.255 e. The number of nitrogens with one attached hydrogen (secondary N) is 3. The van der Waals surface area contributed by atoms with Gasteiger partial charge < -0.3 is 25.4 Å². The van der Waals surface area contributed by atoms with Gasteiger partial charge in [-0.15, -0.1) is 0 Å². The molecule has 0 spiro atoms. The number of hydrogen-bond donors (Lipinski definition) is 3. The summed E-state index contributed by atoms with van der Waals surface area (Å²) in [6.45, 7) is -0.0109. The smallest absolute Gasteiger partial charge is 0.255 e. The Bertz CT molecular complexity index is 1070. The summed E-state index contributed by atoms with van der Waals surface area (Å²) in [5.41, 5.74) is 2.17. The van der Waals surface area contributed by atoms with Gasteiger partial charge in [0.1, 0.15) is 11.5 Å². The van der Waals surface area contributed by atoms with Crippen LogP contribution in [-0.4, -0.2) is 32.6 Å². The molecule has 0 aliphatic carbocycles. The second-order valence-electron chi connectivity index (χ2n) is 6.47. The number of halogens is 1. The van der Waals surface area contributed by atoms with Crippen molar-refractivity contribution in [2.45, 2.75) is 0 Å². The van der Waals surface area contributed by atoms with Crippen LogP contribution in [0.4, 0.5) is 17.1 Å². The van der Waals surface area contributed by atoms with Crippen LogP contribution in [0.15, 0.2) is 66.7 Å². The normalized spacial score (nSPS) is 10.2. The zero-order valence-corrected chi connectivity index (χ0v) is 17.8. The molecule has 0 unspecified atom stereocenters. The van der Waals surface area contributed by atoms with Crippen LogP contribution in [0.2, 0.25) is 5.02 Å². The van der Waals surface area contributed by atoms with Gasteiger partial charge in [-0.05, 0) is 48.5 Å². The minimum Gasteiger partial charge on any atom is -0.497 e. The number of amides is 2. The summed E-state index contributed by atoms with van der Waals surface area (Å²) in [7, 11) is 3.07. The van der Waals surface area contributed by atoms with Crippen LogP contribution in [0.1, 0.15) is 10.4 Å². The Morgan fingerprint density at radius 3 is 2.23 bits per heavy atom. The number of methoxy groups -OCH3 is 2. The van der Waals surface area contributed by atoms with Crippen molar-refractivity contribution in [2.24, 2.45) is 0 Å². The number of benzene rings is 3. The van der Waals surface area contributed by atoms with Gasteiger partial charge in [0.15, 0.2) is 0 Å². The van der Waals surface area contributed by atoms with Gasteiger partial charge in [0.25, 0.3) is 5.91 Å². The van der Waals surface area contributed by atoms with Gasteiger partial charge in [-0.2, -0.15) is 0 Å². The van der Waals surface area contributed by atoms with E-state index in [4.69, 9.17) is 21.1 Å². The molecule has 2 amide bonds. The highest BCUT2D eigenvalue weighted by Gasteiger charge is 2.12. The third-order valence-electron chi connectivity index (χ3n) is 4.40. The molecule has 3 rings (SSSR count). The lowest BCUT2D eigenvalue weighted by atomic mass is 10.2. The molecular formula is C23H22ClN3O4. The van der Waals surface area contributed by atoms with Gasteiger partial charge in [-0.1, -0.05) is 23.7 Å². The molecule has 0 aromatic heterocycles. The molecule has 0 bridgehead atoms. The first kappa shape index (κ1) is 22.0. The van der Waals surface area contributed by atoms with E-state index in [0.717, 1.165) is 0 Å². The summed E-state index contributed by atoms with van der Waals surface area (Å²) >= 11 is 5.87. The van der Waals surface area contributed by atoms with Crippen LogP contribution in [0.25, 0.3) is 0 Å². The lowest BCUT2D eigenvalue weighted by Crippen LogP contribution is -2.23. The second-order valence-corrected chi connectivity index (χ2v) is 6.91. The standard InChI is InChI=1S/C23H22ClN3O4/c1-30-17-11-12-20(21(13-17)31-2)26-22(28)14-25-18-5-3-4-6-19(18)27-23(29)15-7-9-16(24)10-8-15/h3-13,25H,14H2,1-2H3,(H,26,28)(H,27,29).